The molecule has 2 aromatic carbocycles. The van der Waals surface area contributed by atoms with Crippen molar-refractivity contribution in [2.75, 3.05) is 0 Å². The van der Waals surface area contributed by atoms with Crippen molar-refractivity contribution in [3.05, 3.63) is 76.7 Å². The Labute approximate surface area is 181 Å². The Morgan fingerprint density at radius 2 is 1.83 bits per heavy atom. The molecule has 0 aliphatic rings. The first-order chi connectivity index (χ1) is 14.6. The molecule has 0 unspecified atom stereocenters. The third-order valence-electron chi connectivity index (χ3n) is 5.28. The molecule has 4 rings (SSSR count). The van der Waals surface area contributed by atoms with Crippen molar-refractivity contribution in [3.8, 4) is 17.2 Å². The summed E-state index contributed by atoms with van der Waals surface area (Å²) >= 11 is 4.34. The molecule has 30 heavy (non-hydrogen) atoms. The lowest BCUT2D eigenvalue weighted by Gasteiger charge is -2.12. The zero-order chi connectivity index (χ0) is 21.1. The highest BCUT2D eigenvalue weighted by Gasteiger charge is 2.16. The van der Waals surface area contributed by atoms with Crippen LogP contribution in [0.5, 0.6) is 0 Å². The normalized spacial score (nSPS) is 11.0. The molecule has 0 bridgehead atoms. The van der Waals surface area contributed by atoms with Crippen molar-refractivity contribution < 1.29 is 0 Å². The number of nitrogens with zero attached hydrogens (tertiary/aromatic N) is 5. The van der Waals surface area contributed by atoms with Gasteiger partial charge in [0.05, 0.1) is 11.6 Å². The minimum Gasteiger partial charge on any atom is -0.238 e. The molecule has 0 atom stereocenters. The number of unbranched alkanes of at least 4 members (excludes halogenated alkanes) is 1. The Morgan fingerprint density at radius 1 is 1.07 bits per heavy atom. The molecule has 0 amide bonds. The quantitative estimate of drug-likeness (QED) is 0.442. The summed E-state index contributed by atoms with van der Waals surface area (Å²) < 4.78 is 1.78. The summed E-state index contributed by atoms with van der Waals surface area (Å²) in [5.74, 6) is 0.830. The molecule has 0 N–H and O–H groups in total. The molecule has 2 heterocycles. The fourth-order valence-corrected chi connectivity index (χ4v) is 3.92. The average Bonchev–Trinajstić information content (AvgIpc) is 3.17. The van der Waals surface area contributed by atoms with E-state index in [0.29, 0.717) is 10.7 Å². The number of hydrogen-bond donors (Lipinski definition) is 1. The maximum Gasteiger partial charge on any atom is 0.206 e. The third kappa shape index (κ3) is 3.94. The first-order valence-corrected chi connectivity index (χ1v) is 10.6. The summed E-state index contributed by atoms with van der Waals surface area (Å²) in [5.41, 5.74) is 6.86. The predicted octanol–water partition coefficient (Wildman–Crippen LogP) is 5.19. The number of hydrogen-bond acceptors (Lipinski definition) is 5. The molecule has 0 aliphatic carbocycles. The van der Waals surface area contributed by atoms with Crippen LogP contribution in [0, 0.1) is 18.3 Å². The molecule has 0 spiro atoms. The summed E-state index contributed by atoms with van der Waals surface area (Å²) in [4.78, 5) is 9.39. The van der Waals surface area contributed by atoms with Crippen molar-refractivity contribution in [3.63, 3.8) is 0 Å². The minimum absolute atomic E-state index is 0.456. The summed E-state index contributed by atoms with van der Waals surface area (Å²) in [5, 5.41) is 14.2. The van der Waals surface area contributed by atoms with E-state index in [9.17, 15) is 5.26 Å². The summed E-state index contributed by atoms with van der Waals surface area (Å²) in [7, 11) is 0. The van der Waals surface area contributed by atoms with Gasteiger partial charge in [0, 0.05) is 17.7 Å². The molecular weight excluding hydrogens is 390 g/mol. The van der Waals surface area contributed by atoms with Gasteiger partial charge in [0.25, 0.3) is 0 Å². The number of rotatable bonds is 6. The molecule has 150 valence electrons. The van der Waals surface area contributed by atoms with E-state index in [1.165, 1.54) is 5.56 Å². The number of aryl methyl sites for hydroxylation is 2. The van der Waals surface area contributed by atoms with E-state index < -0.39 is 0 Å². The predicted molar refractivity (Wildman–Crippen MR) is 121 cm³/mol. The van der Waals surface area contributed by atoms with E-state index in [1.807, 2.05) is 31.2 Å². The van der Waals surface area contributed by atoms with E-state index >= 15 is 0 Å². The van der Waals surface area contributed by atoms with E-state index in [2.05, 4.69) is 60.0 Å². The van der Waals surface area contributed by atoms with Gasteiger partial charge in [0.2, 0.25) is 5.16 Å². The minimum atomic E-state index is 0.456. The first kappa shape index (κ1) is 20.1. The summed E-state index contributed by atoms with van der Waals surface area (Å²) in [6.45, 7) is 4.14. The van der Waals surface area contributed by atoms with Gasteiger partial charge in [-0.3, -0.25) is 0 Å². The van der Waals surface area contributed by atoms with Gasteiger partial charge >= 0.3 is 0 Å². The van der Waals surface area contributed by atoms with E-state index in [4.69, 9.17) is 4.98 Å². The monoisotopic (exact) mass is 413 g/mol. The SMILES string of the molecule is CCCCc1nc(C)n2nc(S)nc2c1Cc1ccc(-c2ccccc2C#N)cc1. The Bertz CT molecular complexity index is 1240. The van der Waals surface area contributed by atoms with Crippen LogP contribution in [0.25, 0.3) is 16.8 Å². The van der Waals surface area contributed by atoms with Gasteiger partial charge in [0.1, 0.15) is 5.82 Å². The van der Waals surface area contributed by atoms with Gasteiger partial charge in [-0.2, -0.15) is 9.78 Å². The van der Waals surface area contributed by atoms with Crippen molar-refractivity contribution in [1.29, 1.82) is 5.26 Å². The molecule has 5 nitrogen and oxygen atoms in total. The lowest BCUT2D eigenvalue weighted by molar-refractivity contribution is 0.740. The molecule has 2 aromatic heterocycles. The Hall–Kier alpha value is -3.17. The van der Waals surface area contributed by atoms with Gasteiger partial charge in [-0.05, 0) is 42.5 Å². The van der Waals surface area contributed by atoms with Gasteiger partial charge < -0.3 is 0 Å². The van der Waals surface area contributed by atoms with E-state index in [1.54, 1.807) is 4.52 Å². The smallest absolute Gasteiger partial charge is 0.206 e. The summed E-state index contributed by atoms with van der Waals surface area (Å²) in [6, 6.07) is 18.3. The molecule has 6 heteroatoms. The topological polar surface area (TPSA) is 66.9 Å². The molecule has 4 aromatic rings. The Balaban J connectivity index is 1.72. The Morgan fingerprint density at radius 3 is 2.57 bits per heavy atom. The van der Waals surface area contributed by atoms with Crippen molar-refractivity contribution in [2.24, 2.45) is 0 Å². The van der Waals surface area contributed by atoms with E-state index in [0.717, 1.165) is 59.5 Å². The van der Waals surface area contributed by atoms with Gasteiger partial charge in [-0.15, -0.1) is 17.7 Å². The maximum absolute atomic E-state index is 9.38. The molecule has 0 fully saturated rings. The highest BCUT2D eigenvalue weighted by molar-refractivity contribution is 7.80. The second kappa shape index (κ2) is 8.68. The lowest BCUT2D eigenvalue weighted by atomic mass is 9.96. The lowest BCUT2D eigenvalue weighted by Crippen LogP contribution is -2.08. The second-order valence-electron chi connectivity index (χ2n) is 7.37. The molecular formula is C24H23N5S. The largest absolute Gasteiger partial charge is 0.238 e. The highest BCUT2D eigenvalue weighted by Crippen LogP contribution is 2.26. The summed E-state index contributed by atoms with van der Waals surface area (Å²) in [6.07, 6.45) is 3.84. The number of aromatic nitrogens is 4. The van der Waals surface area contributed by atoms with Crippen LogP contribution in [0.1, 0.15) is 48.0 Å². The highest BCUT2D eigenvalue weighted by atomic mass is 32.1. The number of benzene rings is 2. The fraction of sp³-hybridized carbons (Fsp3) is 0.250. The molecule has 0 saturated heterocycles. The fourth-order valence-electron chi connectivity index (χ4n) is 3.73. The number of fused-ring (bicyclic) bond motifs is 1. The van der Waals surface area contributed by atoms with Crippen LogP contribution in [0.4, 0.5) is 0 Å². The zero-order valence-corrected chi connectivity index (χ0v) is 18.0. The van der Waals surface area contributed by atoms with E-state index in [-0.39, 0.29) is 0 Å². The van der Waals surface area contributed by atoms with Gasteiger partial charge in [-0.1, -0.05) is 55.8 Å². The van der Waals surface area contributed by atoms with Crippen molar-refractivity contribution in [1.82, 2.24) is 19.6 Å². The molecule has 0 saturated carbocycles. The standard InChI is InChI=1S/C24H23N5S/c1-3-4-9-22-21(23-27-24(30)28-29(23)16(2)26-22)14-17-10-12-18(13-11-17)20-8-6-5-7-19(20)15-25/h5-8,10-13H,3-4,9,14H2,1-2H3,(H,28,30). The van der Waals surface area contributed by atoms with Crippen LogP contribution in [-0.4, -0.2) is 19.6 Å². The van der Waals surface area contributed by atoms with Gasteiger partial charge in [0.15, 0.2) is 5.65 Å². The van der Waals surface area contributed by atoms with Crippen LogP contribution in [0.3, 0.4) is 0 Å². The van der Waals surface area contributed by atoms with Crippen LogP contribution < -0.4 is 0 Å². The second-order valence-corrected chi connectivity index (χ2v) is 7.77. The first-order valence-electron chi connectivity index (χ1n) is 10.1. The molecule has 0 radical (unpaired) electrons. The van der Waals surface area contributed by atoms with Crippen LogP contribution >= 0.6 is 12.6 Å². The van der Waals surface area contributed by atoms with Crippen molar-refractivity contribution in [2.45, 2.75) is 44.7 Å². The third-order valence-corrected chi connectivity index (χ3v) is 5.47. The molecule has 0 aliphatic heterocycles. The number of thiol groups is 1. The van der Waals surface area contributed by atoms with Gasteiger partial charge in [-0.25, -0.2) is 9.97 Å². The number of nitriles is 1. The average molecular weight is 414 g/mol. The Kier molecular flexibility index (Phi) is 5.82. The van der Waals surface area contributed by atoms with Crippen LogP contribution in [0.2, 0.25) is 0 Å². The van der Waals surface area contributed by atoms with Crippen molar-refractivity contribution >= 4 is 18.3 Å². The zero-order valence-electron chi connectivity index (χ0n) is 17.1. The maximum atomic E-state index is 9.38. The van der Waals surface area contributed by atoms with Crippen LogP contribution in [0.15, 0.2) is 53.7 Å². The van der Waals surface area contributed by atoms with Crippen LogP contribution in [-0.2, 0) is 12.8 Å².